The molecule has 0 aliphatic heterocycles. The van der Waals surface area contributed by atoms with Crippen molar-refractivity contribution in [1.82, 2.24) is 21.5 Å². The van der Waals surface area contributed by atoms with Gasteiger partial charge < -0.3 is 5.21 Å². The van der Waals surface area contributed by atoms with E-state index in [0.717, 1.165) is 0 Å². The van der Waals surface area contributed by atoms with Crippen molar-refractivity contribution in [2.75, 3.05) is 14.1 Å². The first-order chi connectivity index (χ1) is 4.16. The predicted octanol–water partition coefficient (Wildman–Crippen LogP) is -1.41. The normalized spacial score (nSPS) is 11.3. The van der Waals surface area contributed by atoms with Crippen LogP contribution in [-0.2, 0) is 4.94 Å². The van der Waals surface area contributed by atoms with Crippen LogP contribution in [0.3, 0.4) is 0 Å². The zero-order valence-corrected chi connectivity index (χ0v) is 5.16. The van der Waals surface area contributed by atoms with Gasteiger partial charge in [-0.25, -0.2) is 5.43 Å². The van der Waals surface area contributed by atoms with E-state index in [2.05, 4.69) is 10.4 Å². The van der Waals surface area contributed by atoms with Gasteiger partial charge in [0, 0.05) is 14.1 Å². The van der Waals surface area contributed by atoms with Crippen molar-refractivity contribution in [1.29, 1.82) is 0 Å². The minimum absolute atomic E-state index is 0.701. The van der Waals surface area contributed by atoms with Crippen LogP contribution in [0.5, 0.6) is 0 Å². The monoisotopic (exact) mass is 137 g/mol. The molecule has 0 unspecified atom stereocenters. The number of hydrazine groups is 2. The average molecular weight is 137 g/mol. The molecule has 7 nitrogen and oxygen atoms in total. The second-order valence-electron chi connectivity index (χ2n) is 1.20. The summed E-state index contributed by atoms with van der Waals surface area (Å²) in [5, 5.41) is 18.0. The quantitative estimate of drug-likeness (QED) is 0.411. The maximum absolute atomic E-state index is 9.60. The fourth-order valence-corrected chi connectivity index (χ4v) is 0.142. The van der Waals surface area contributed by atoms with Gasteiger partial charge in [-0.15, -0.1) is 5.39 Å². The van der Waals surface area contributed by atoms with E-state index in [1.165, 1.54) is 5.12 Å². The molecule has 0 saturated heterocycles. The molecule has 0 fully saturated rings. The van der Waals surface area contributed by atoms with Crippen molar-refractivity contribution in [2.24, 2.45) is 0 Å². The van der Waals surface area contributed by atoms with E-state index in [4.69, 9.17) is 5.21 Å². The Balaban J connectivity index is 3.06. The molecular formula is C2H9N4O3-. The van der Waals surface area contributed by atoms with Gasteiger partial charge in [0.25, 0.3) is 0 Å². The van der Waals surface area contributed by atoms with Gasteiger partial charge in [0.2, 0.25) is 0 Å². The van der Waals surface area contributed by atoms with E-state index in [-0.39, 0.29) is 0 Å². The fraction of sp³-hybridized carbons (Fsp3) is 1.00. The standard InChI is InChI=1S/C2H9N4O3/c1-3-5(2)4-9-6(7)8/h3-4,7H,1-2H3/q-1. The van der Waals surface area contributed by atoms with Crippen LogP contribution >= 0.6 is 0 Å². The van der Waals surface area contributed by atoms with Crippen molar-refractivity contribution in [3.05, 3.63) is 5.21 Å². The van der Waals surface area contributed by atoms with Crippen LogP contribution in [-0.4, -0.2) is 29.8 Å². The summed E-state index contributed by atoms with van der Waals surface area (Å²) >= 11 is 0. The molecule has 0 radical (unpaired) electrons. The van der Waals surface area contributed by atoms with Crippen molar-refractivity contribution in [3.63, 3.8) is 0 Å². The molecule has 0 heterocycles. The summed E-state index contributed by atoms with van der Waals surface area (Å²) in [6, 6.07) is 0. The Kier molecular flexibility index (Phi) is 4.44. The van der Waals surface area contributed by atoms with Crippen LogP contribution in [0, 0.1) is 5.21 Å². The first kappa shape index (κ1) is 8.72. The highest BCUT2D eigenvalue weighted by Crippen LogP contribution is 1.72. The Morgan fingerprint density at radius 3 is 2.56 bits per heavy atom. The largest absolute Gasteiger partial charge is 0.737 e. The first-order valence-electron chi connectivity index (χ1n) is 2.16. The van der Waals surface area contributed by atoms with E-state index < -0.39 is 5.39 Å². The average Bonchev–Trinajstić information content (AvgIpc) is 1.83. The Morgan fingerprint density at radius 2 is 2.22 bits per heavy atom. The van der Waals surface area contributed by atoms with Gasteiger partial charge in [0.15, 0.2) is 0 Å². The minimum atomic E-state index is -0.701. The Bertz CT molecular complexity index is 68.8. The molecule has 0 atom stereocenters. The lowest BCUT2D eigenvalue weighted by atomic mass is 11.3. The second-order valence-corrected chi connectivity index (χ2v) is 1.20. The molecule has 56 valence electrons. The molecule has 7 heteroatoms. The Labute approximate surface area is 52.2 Å². The summed E-state index contributed by atoms with van der Waals surface area (Å²) in [4.78, 5) is 3.84. The van der Waals surface area contributed by atoms with Crippen LogP contribution in [0.1, 0.15) is 0 Å². The third kappa shape index (κ3) is 5.59. The van der Waals surface area contributed by atoms with Gasteiger partial charge in [-0.05, 0) is 0 Å². The maximum Gasteiger partial charge on any atom is 0.0197 e. The maximum atomic E-state index is 9.60. The van der Waals surface area contributed by atoms with E-state index in [9.17, 15) is 5.21 Å². The molecule has 9 heavy (non-hydrogen) atoms. The van der Waals surface area contributed by atoms with Gasteiger partial charge in [-0.2, -0.15) is 10.1 Å². The summed E-state index contributed by atoms with van der Waals surface area (Å²) < 4.78 is 0. The molecule has 3 N–H and O–H groups in total. The van der Waals surface area contributed by atoms with Crippen LogP contribution in [0.25, 0.3) is 0 Å². The van der Waals surface area contributed by atoms with Crippen molar-refractivity contribution >= 4 is 0 Å². The van der Waals surface area contributed by atoms with E-state index in [0.29, 0.717) is 0 Å². The van der Waals surface area contributed by atoms with E-state index in [1.807, 2.05) is 5.59 Å². The predicted molar refractivity (Wildman–Crippen MR) is 28.0 cm³/mol. The van der Waals surface area contributed by atoms with Crippen molar-refractivity contribution < 1.29 is 10.1 Å². The summed E-state index contributed by atoms with van der Waals surface area (Å²) in [5.74, 6) is 0. The highest BCUT2D eigenvalue weighted by Gasteiger charge is 1.89. The highest BCUT2D eigenvalue weighted by molar-refractivity contribution is 4.14. The topological polar surface area (TPSA) is 83.1 Å². The third-order valence-corrected chi connectivity index (χ3v) is 0.591. The molecule has 0 spiro atoms. The van der Waals surface area contributed by atoms with Crippen LogP contribution < -0.4 is 11.0 Å². The molecule has 0 rings (SSSR count). The molecule has 0 aromatic rings. The summed E-state index contributed by atoms with van der Waals surface area (Å²) in [6.45, 7) is 0. The second kappa shape index (κ2) is 4.58. The summed E-state index contributed by atoms with van der Waals surface area (Å²) in [5.41, 5.74) is 4.56. The summed E-state index contributed by atoms with van der Waals surface area (Å²) in [7, 11) is 3.15. The number of hydrogen-bond acceptors (Lipinski definition) is 7. The molecule has 0 amide bonds. The van der Waals surface area contributed by atoms with Crippen molar-refractivity contribution in [3.8, 4) is 0 Å². The smallest absolute Gasteiger partial charge is 0.0197 e. The highest BCUT2D eigenvalue weighted by atomic mass is 17.1. The van der Waals surface area contributed by atoms with Crippen molar-refractivity contribution in [2.45, 2.75) is 0 Å². The molecule has 0 aromatic heterocycles. The molecule has 0 saturated carbocycles. The van der Waals surface area contributed by atoms with Crippen LogP contribution in [0.2, 0.25) is 0 Å². The van der Waals surface area contributed by atoms with Gasteiger partial charge >= 0.3 is 0 Å². The Hall–Kier alpha value is -0.280. The molecule has 0 aliphatic rings. The molecule has 0 aromatic carbocycles. The zero-order valence-electron chi connectivity index (χ0n) is 5.16. The number of nitrogens with zero attached hydrogens (tertiary/aromatic N) is 2. The number of rotatable bonds is 4. The minimum Gasteiger partial charge on any atom is -0.737 e. The van der Waals surface area contributed by atoms with E-state index in [1.54, 1.807) is 14.1 Å². The van der Waals surface area contributed by atoms with E-state index >= 15 is 0 Å². The lowest BCUT2D eigenvalue weighted by molar-refractivity contribution is -0.366. The number of hydrogen-bond donors (Lipinski definition) is 3. The van der Waals surface area contributed by atoms with Gasteiger partial charge in [-0.1, -0.05) is 5.59 Å². The summed E-state index contributed by atoms with van der Waals surface area (Å²) in [6.07, 6.45) is 0. The van der Waals surface area contributed by atoms with Crippen LogP contribution in [0.4, 0.5) is 0 Å². The fourth-order valence-electron chi connectivity index (χ4n) is 0.142. The van der Waals surface area contributed by atoms with Crippen LogP contribution in [0.15, 0.2) is 0 Å². The lowest BCUT2D eigenvalue weighted by Crippen LogP contribution is -2.44. The Morgan fingerprint density at radius 1 is 1.67 bits per heavy atom. The van der Waals surface area contributed by atoms with Gasteiger partial charge in [0.1, 0.15) is 0 Å². The zero-order chi connectivity index (χ0) is 7.28. The van der Waals surface area contributed by atoms with Gasteiger partial charge in [-0.3, -0.25) is 5.21 Å². The molecule has 0 bridgehead atoms. The molecular weight excluding hydrogens is 128 g/mol. The SMILES string of the molecule is CNN(C)NON([O-])O. The first-order valence-corrected chi connectivity index (χ1v) is 2.16. The molecule has 0 aliphatic carbocycles. The number of nitrogens with one attached hydrogen (secondary N) is 2. The lowest BCUT2D eigenvalue weighted by Gasteiger charge is -2.22. The van der Waals surface area contributed by atoms with Gasteiger partial charge in [0.05, 0.1) is 0 Å². The third-order valence-electron chi connectivity index (χ3n) is 0.591.